The summed E-state index contributed by atoms with van der Waals surface area (Å²) in [5.41, 5.74) is 7.43. The normalized spacial score (nSPS) is 28.8. The molecule has 8 heteroatoms. The topological polar surface area (TPSA) is 55.4 Å². The van der Waals surface area contributed by atoms with E-state index in [1.54, 1.807) is 0 Å². The van der Waals surface area contributed by atoms with E-state index in [1.165, 1.54) is 151 Å². The third kappa shape index (κ3) is 9.15. The Morgan fingerprint density at radius 1 is 0.418 bits per heavy atom. The van der Waals surface area contributed by atoms with Crippen LogP contribution in [0.3, 0.4) is 0 Å². The fraction of sp³-hybridized carbons (Fsp3) is 0.745. The number of hydrogen-bond acceptors (Lipinski definition) is 6. The van der Waals surface area contributed by atoms with Crippen LogP contribution in [0.1, 0.15) is 180 Å². The summed E-state index contributed by atoms with van der Waals surface area (Å²) in [6.07, 6.45) is 29.1. The first-order chi connectivity index (χ1) is 26.8. The highest BCUT2D eigenvalue weighted by atomic mass is 16.8. The molecule has 0 atom stereocenters. The molecule has 0 unspecified atom stereocenters. The van der Waals surface area contributed by atoms with Crippen molar-refractivity contribution in [1.29, 1.82) is 0 Å². The molecule has 6 nitrogen and oxygen atoms in total. The molecule has 9 rings (SSSR count). The van der Waals surface area contributed by atoms with Gasteiger partial charge >= 0.3 is 13.5 Å². The monoisotopic (exact) mass is 757 g/mol. The zero-order chi connectivity index (χ0) is 38.2. The van der Waals surface area contributed by atoms with Gasteiger partial charge in [-0.3, -0.25) is 0 Å². The fourth-order valence-corrected chi connectivity index (χ4v) is 10.4. The van der Waals surface area contributed by atoms with E-state index >= 15 is 0 Å². The maximum Gasteiger partial charge on any atom is 0.409 e. The van der Waals surface area contributed by atoms with Gasteiger partial charge in [0.2, 0.25) is 0 Å². The van der Waals surface area contributed by atoms with Crippen molar-refractivity contribution in [3.05, 3.63) is 47.5 Å². The van der Waals surface area contributed by atoms with Gasteiger partial charge < -0.3 is 27.9 Å². The van der Waals surface area contributed by atoms with Gasteiger partial charge in [0.25, 0.3) is 0 Å². The van der Waals surface area contributed by atoms with Crippen LogP contribution < -0.4 is 10.9 Å². The highest BCUT2D eigenvalue weighted by molar-refractivity contribution is 6.76. The maximum absolute atomic E-state index is 6.50. The van der Waals surface area contributed by atoms with Gasteiger partial charge in [-0.1, -0.05) is 193 Å². The molecule has 0 aromatic heterocycles. The largest absolute Gasteiger partial charge is 0.540 e. The van der Waals surface area contributed by atoms with E-state index in [9.17, 15) is 0 Å². The molecule has 2 aromatic rings. The SMILES string of the molecule is CCCCCCCCCCCCC1(CCCCCCCCCCCC)c2cc([B-]34OCC(C)(CO3)CO4)ccc2-c2ccc([B-]34OCC(C)(CO3)CO4)cc21. The predicted octanol–water partition coefficient (Wildman–Crippen LogP) is 11.0. The number of rotatable bonds is 24. The molecule has 0 radical (unpaired) electrons. The van der Waals surface area contributed by atoms with Gasteiger partial charge in [-0.05, 0) is 35.1 Å². The van der Waals surface area contributed by atoms with Crippen LogP contribution in [0.25, 0.3) is 11.1 Å². The van der Waals surface area contributed by atoms with Crippen molar-refractivity contribution in [2.75, 3.05) is 39.6 Å². The Balaban J connectivity index is 1.15. The first kappa shape index (κ1) is 41.5. The zero-order valence-corrected chi connectivity index (χ0v) is 35.4. The van der Waals surface area contributed by atoms with Crippen LogP contribution >= 0.6 is 0 Å². The average Bonchev–Trinajstić information content (AvgIpc) is 3.48. The van der Waals surface area contributed by atoms with Crippen LogP contribution in [0.4, 0.5) is 0 Å². The Labute approximate surface area is 334 Å². The summed E-state index contributed by atoms with van der Waals surface area (Å²) >= 11 is 0. The number of fused-ring (bicyclic) bond motifs is 9. The molecule has 6 aliphatic heterocycles. The molecule has 4 bridgehead atoms. The van der Waals surface area contributed by atoms with Gasteiger partial charge in [0.05, 0.1) is 0 Å². The van der Waals surface area contributed by atoms with E-state index in [4.69, 9.17) is 27.9 Å². The summed E-state index contributed by atoms with van der Waals surface area (Å²) in [6.45, 7) is 9.18. The summed E-state index contributed by atoms with van der Waals surface area (Å²) in [5.74, 6) is 0. The first-order valence-corrected chi connectivity index (χ1v) is 23.2. The maximum atomic E-state index is 6.50. The predicted molar refractivity (Wildman–Crippen MR) is 228 cm³/mol. The molecule has 6 heterocycles. The van der Waals surface area contributed by atoms with E-state index in [0.29, 0.717) is 39.6 Å². The van der Waals surface area contributed by atoms with Gasteiger partial charge in [0, 0.05) is 55.9 Å². The summed E-state index contributed by atoms with van der Waals surface area (Å²) in [4.78, 5) is 0. The van der Waals surface area contributed by atoms with Crippen molar-refractivity contribution < 1.29 is 27.9 Å². The molecule has 306 valence electrons. The second-order valence-electron chi connectivity index (χ2n) is 19.3. The van der Waals surface area contributed by atoms with Crippen LogP contribution in [0.2, 0.25) is 0 Å². The minimum atomic E-state index is -1.95. The van der Waals surface area contributed by atoms with Crippen molar-refractivity contribution in [3.8, 4) is 11.1 Å². The quantitative estimate of drug-likeness (QED) is 0.0785. The molecule has 7 aliphatic rings. The van der Waals surface area contributed by atoms with Crippen molar-refractivity contribution in [2.45, 2.75) is 174 Å². The first-order valence-electron chi connectivity index (χ1n) is 23.2. The van der Waals surface area contributed by atoms with Crippen molar-refractivity contribution in [1.82, 2.24) is 0 Å². The molecule has 0 N–H and O–H groups in total. The van der Waals surface area contributed by atoms with Gasteiger partial charge in [-0.25, -0.2) is 0 Å². The summed E-state index contributed by atoms with van der Waals surface area (Å²) in [7, 11) is 0. The number of unbranched alkanes of at least 4 members (excludes halogenated alkanes) is 18. The fourth-order valence-electron chi connectivity index (χ4n) is 10.4. The van der Waals surface area contributed by atoms with E-state index in [-0.39, 0.29) is 16.2 Å². The lowest BCUT2D eigenvalue weighted by molar-refractivity contribution is -0.119. The Morgan fingerprint density at radius 3 is 1.02 bits per heavy atom. The molecule has 1 aliphatic carbocycles. The molecular formula is C47H74B2O6-2. The van der Waals surface area contributed by atoms with Gasteiger partial charge in [0.1, 0.15) is 0 Å². The molecule has 55 heavy (non-hydrogen) atoms. The van der Waals surface area contributed by atoms with Crippen LogP contribution in [0.15, 0.2) is 36.4 Å². The number of hydrogen-bond donors (Lipinski definition) is 0. The van der Waals surface area contributed by atoms with E-state index in [2.05, 4.69) is 64.1 Å². The van der Waals surface area contributed by atoms with Crippen molar-refractivity contribution >= 4 is 24.4 Å². The van der Waals surface area contributed by atoms with Gasteiger partial charge in [0.15, 0.2) is 0 Å². The summed E-state index contributed by atoms with van der Waals surface area (Å²) in [6, 6.07) is 14.0. The lowest BCUT2D eigenvalue weighted by atomic mass is 9.61. The second kappa shape index (κ2) is 18.5. The lowest BCUT2D eigenvalue weighted by Gasteiger charge is -2.58. The number of benzene rings is 2. The van der Waals surface area contributed by atoms with Crippen molar-refractivity contribution in [3.63, 3.8) is 0 Å². The smallest absolute Gasteiger partial charge is 0.409 e. The highest BCUT2D eigenvalue weighted by Crippen LogP contribution is 2.54. The van der Waals surface area contributed by atoms with Crippen LogP contribution in [-0.4, -0.2) is 53.2 Å². The standard InChI is InChI=1S/C47H74B2O6/c1-5-7-9-11-13-15-17-19-21-23-29-47(30-24-22-20-18-16-14-12-10-8-6-2)43-31-39(48-50-33-45(3,34-51-48)35-52-48)25-27-41(43)42-28-26-40(32-44(42)47)49-53-36-46(4,37-54-49)38-55-49/h25-28,31-32H,5-24,29-30,33-38H2,1-4H3/q-2. The third-order valence-electron chi connectivity index (χ3n) is 14.0. The van der Waals surface area contributed by atoms with Gasteiger partial charge in [-0.15, -0.1) is 10.9 Å². The molecule has 6 fully saturated rings. The molecular weight excluding hydrogens is 682 g/mol. The Morgan fingerprint density at radius 2 is 0.709 bits per heavy atom. The lowest BCUT2D eigenvalue weighted by Crippen LogP contribution is -2.69. The Bertz CT molecular complexity index is 1380. The van der Waals surface area contributed by atoms with Crippen molar-refractivity contribution in [2.24, 2.45) is 10.8 Å². The summed E-state index contributed by atoms with van der Waals surface area (Å²) < 4.78 is 39.0. The van der Waals surface area contributed by atoms with Crippen LogP contribution in [0.5, 0.6) is 0 Å². The molecule has 0 spiro atoms. The Kier molecular flexibility index (Phi) is 14.0. The average molecular weight is 757 g/mol. The van der Waals surface area contributed by atoms with E-state index in [0.717, 1.165) is 23.8 Å². The minimum Gasteiger partial charge on any atom is -0.540 e. The second-order valence-corrected chi connectivity index (χ2v) is 19.3. The minimum absolute atomic E-state index is 0.0648. The molecule has 0 saturated carbocycles. The zero-order valence-electron chi connectivity index (χ0n) is 35.4. The molecule has 0 amide bonds. The Hall–Kier alpha value is -1.67. The van der Waals surface area contributed by atoms with E-state index in [1.807, 2.05) is 0 Å². The van der Waals surface area contributed by atoms with Crippen LogP contribution in [0, 0.1) is 10.8 Å². The van der Waals surface area contributed by atoms with Gasteiger partial charge in [-0.2, -0.15) is 0 Å². The molecule has 6 saturated heterocycles. The molecule has 2 aromatic carbocycles. The highest BCUT2D eigenvalue weighted by Gasteiger charge is 2.50. The summed E-state index contributed by atoms with van der Waals surface area (Å²) in [5, 5.41) is 0. The van der Waals surface area contributed by atoms with E-state index < -0.39 is 13.5 Å². The van der Waals surface area contributed by atoms with Crippen LogP contribution in [-0.2, 0) is 33.3 Å². The third-order valence-corrected chi connectivity index (χ3v) is 14.0.